The SMILES string of the molecule is Cc1nncn1CCOc1ccc2c(c1)CCOC21CCNCC1.Cl. The number of rotatable bonds is 4. The molecule has 1 aromatic carbocycles. The molecule has 4 rings (SSSR count). The fraction of sp³-hybridized carbons (Fsp3) is 0.556. The fourth-order valence-corrected chi connectivity index (χ4v) is 3.78. The molecule has 1 aromatic heterocycles. The third-order valence-electron chi connectivity index (χ3n) is 5.14. The van der Waals surface area contributed by atoms with Gasteiger partial charge >= 0.3 is 0 Å². The normalized spacial score (nSPS) is 18.4. The molecule has 1 spiro atoms. The van der Waals surface area contributed by atoms with Gasteiger partial charge in [0.25, 0.3) is 0 Å². The molecule has 7 heteroatoms. The monoisotopic (exact) mass is 364 g/mol. The lowest BCUT2D eigenvalue weighted by Crippen LogP contribution is -2.44. The molecule has 25 heavy (non-hydrogen) atoms. The Morgan fingerprint density at radius 3 is 2.92 bits per heavy atom. The Kier molecular flexibility index (Phi) is 5.61. The highest BCUT2D eigenvalue weighted by atomic mass is 35.5. The summed E-state index contributed by atoms with van der Waals surface area (Å²) in [5.41, 5.74) is 2.65. The predicted molar refractivity (Wildman–Crippen MR) is 97.4 cm³/mol. The summed E-state index contributed by atoms with van der Waals surface area (Å²) in [7, 11) is 0. The van der Waals surface area contributed by atoms with Crippen molar-refractivity contribution in [1.29, 1.82) is 0 Å². The number of benzene rings is 1. The first kappa shape index (κ1) is 18.2. The van der Waals surface area contributed by atoms with Crippen LogP contribution in [0.1, 0.15) is 29.8 Å². The minimum atomic E-state index is -0.0864. The van der Waals surface area contributed by atoms with E-state index in [4.69, 9.17) is 9.47 Å². The molecular weight excluding hydrogens is 340 g/mol. The summed E-state index contributed by atoms with van der Waals surface area (Å²) in [6.45, 7) is 6.17. The van der Waals surface area contributed by atoms with Crippen LogP contribution in [0, 0.1) is 6.92 Å². The maximum absolute atomic E-state index is 6.22. The number of aryl methyl sites for hydroxylation is 1. The largest absolute Gasteiger partial charge is 0.492 e. The van der Waals surface area contributed by atoms with Crippen molar-refractivity contribution >= 4 is 12.4 Å². The number of fused-ring (bicyclic) bond motifs is 2. The highest BCUT2D eigenvalue weighted by Gasteiger charge is 2.38. The lowest BCUT2D eigenvalue weighted by molar-refractivity contribution is -0.0802. The van der Waals surface area contributed by atoms with Crippen molar-refractivity contribution in [3.63, 3.8) is 0 Å². The van der Waals surface area contributed by atoms with E-state index in [9.17, 15) is 0 Å². The minimum Gasteiger partial charge on any atom is -0.492 e. The Morgan fingerprint density at radius 2 is 2.16 bits per heavy atom. The van der Waals surface area contributed by atoms with E-state index >= 15 is 0 Å². The number of hydrogen-bond acceptors (Lipinski definition) is 5. The van der Waals surface area contributed by atoms with Gasteiger partial charge in [0, 0.05) is 0 Å². The van der Waals surface area contributed by atoms with Crippen LogP contribution in [0.2, 0.25) is 0 Å². The van der Waals surface area contributed by atoms with Gasteiger partial charge < -0.3 is 19.4 Å². The molecule has 1 saturated heterocycles. The maximum Gasteiger partial charge on any atom is 0.129 e. The molecule has 1 fully saturated rings. The summed E-state index contributed by atoms with van der Waals surface area (Å²) in [5.74, 6) is 1.85. The Labute approximate surface area is 154 Å². The van der Waals surface area contributed by atoms with Gasteiger partial charge in [-0.3, -0.25) is 0 Å². The summed E-state index contributed by atoms with van der Waals surface area (Å²) in [4.78, 5) is 0. The van der Waals surface area contributed by atoms with E-state index in [0.717, 1.165) is 57.1 Å². The van der Waals surface area contributed by atoms with Crippen molar-refractivity contribution in [2.45, 2.75) is 38.3 Å². The van der Waals surface area contributed by atoms with Gasteiger partial charge in [-0.05, 0) is 62.5 Å². The lowest BCUT2D eigenvalue weighted by atomic mass is 9.80. The molecule has 2 aromatic rings. The zero-order valence-corrected chi connectivity index (χ0v) is 15.3. The van der Waals surface area contributed by atoms with Crippen molar-refractivity contribution in [3.05, 3.63) is 41.5 Å². The molecule has 0 unspecified atom stereocenters. The highest BCUT2D eigenvalue weighted by molar-refractivity contribution is 5.85. The molecule has 0 saturated carbocycles. The van der Waals surface area contributed by atoms with Crippen molar-refractivity contribution in [2.75, 3.05) is 26.3 Å². The van der Waals surface area contributed by atoms with Crippen molar-refractivity contribution in [1.82, 2.24) is 20.1 Å². The zero-order chi connectivity index (χ0) is 16.4. The Bertz CT molecular complexity index is 713. The summed E-state index contributed by atoms with van der Waals surface area (Å²) in [6, 6.07) is 6.48. The average molecular weight is 365 g/mol. The smallest absolute Gasteiger partial charge is 0.129 e. The zero-order valence-electron chi connectivity index (χ0n) is 14.5. The third kappa shape index (κ3) is 3.66. The summed E-state index contributed by atoms with van der Waals surface area (Å²) in [5, 5.41) is 11.3. The molecule has 2 aliphatic heterocycles. The standard InChI is InChI=1S/C18H24N4O2.ClH/c1-14-21-20-13-22(14)9-11-23-16-2-3-17-15(12-16)4-10-24-18(17)5-7-19-8-6-18;/h2-3,12-13,19H,4-11H2,1H3;1H. The molecule has 136 valence electrons. The van der Waals surface area contributed by atoms with Crippen LogP contribution in [0.3, 0.4) is 0 Å². The number of ether oxygens (including phenoxy) is 2. The Morgan fingerprint density at radius 1 is 1.32 bits per heavy atom. The van der Waals surface area contributed by atoms with Crippen LogP contribution in [-0.2, 0) is 23.3 Å². The van der Waals surface area contributed by atoms with Gasteiger partial charge in [0.1, 0.15) is 24.5 Å². The van der Waals surface area contributed by atoms with Gasteiger partial charge in [0.15, 0.2) is 0 Å². The first-order valence-electron chi connectivity index (χ1n) is 8.72. The number of nitrogens with one attached hydrogen (secondary N) is 1. The van der Waals surface area contributed by atoms with Gasteiger partial charge in [-0.1, -0.05) is 6.07 Å². The van der Waals surface area contributed by atoms with Gasteiger partial charge in [-0.15, -0.1) is 22.6 Å². The number of nitrogens with zero attached hydrogens (tertiary/aromatic N) is 3. The van der Waals surface area contributed by atoms with Gasteiger partial charge in [-0.25, -0.2) is 0 Å². The minimum absolute atomic E-state index is 0. The molecule has 1 N–H and O–H groups in total. The molecule has 0 amide bonds. The molecule has 0 bridgehead atoms. The van der Waals surface area contributed by atoms with Gasteiger partial charge in [0.05, 0.1) is 18.8 Å². The van der Waals surface area contributed by atoms with E-state index in [1.165, 1.54) is 11.1 Å². The molecule has 3 heterocycles. The van der Waals surface area contributed by atoms with Gasteiger partial charge in [0.2, 0.25) is 0 Å². The molecular formula is C18H25ClN4O2. The Hall–Kier alpha value is -1.63. The molecule has 0 atom stereocenters. The fourth-order valence-electron chi connectivity index (χ4n) is 3.78. The van der Waals surface area contributed by atoms with Crippen molar-refractivity contribution < 1.29 is 9.47 Å². The summed E-state index contributed by atoms with van der Waals surface area (Å²) < 4.78 is 14.2. The quantitative estimate of drug-likeness (QED) is 0.901. The summed E-state index contributed by atoms with van der Waals surface area (Å²) >= 11 is 0. The van der Waals surface area contributed by atoms with E-state index in [2.05, 4.69) is 33.7 Å². The first-order chi connectivity index (χ1) is 11.8. The first-order valence-corrected chi connectivity index (χ1v) is 8.72. The number of aromatic nitrogens is 3. The average Bonchev–Trinajstić information content (AvgIpc) is 3.01. The lowest BCUT2D eigenvalue weighted by Gasteiger charge is -2.42. The van der Waals surface area contributed by atoms with E-state index in [-0.39, 0.29) is 18.0 Å². The van der Waals surface area contributed by atoms with Crippen LogP contribution >= 0.6 is 12.4 Å². The second-order valence-corrected chi connectivity index (χ2v) is 6.58. The second kappa shape index (κ2) is 7.72. The topological polar surface area (TPSA) is 61.2 Å². The van der Waals surface area contributed by atoms with Crippen LogP contribution < -0.4 is 10.1 Å². The number of hydrogen-bond donors (Lipinski definition) is 1. The van der Waals surface area contributed by atoms with Crippen molar-refractivity contribution in [3.8, 4) is 5.75 Å². The van der Waals surface area contributed by atoms with Gasteiger partial charge in [-0.2, -0.15) is 0 Å². The third-order valence-corrected chi connectivity index (χ3v) is 5.14. The molecule has 6 nitrogen and oxygen atoms in total. The van der Waals surface area contributed by atoms with E-state index < -0.39 is 0 Å². The molecule has 2 aliphatic rings. The van der Waals surface area contributed by atoms with Crippen LogP contribution in [0.25, 0.3) is 0 Å². The van der Waals surface area contributed by atoms with E-state index in [1.807, 2.05) is 11.5 Å². The van der Waals surface area contributed by atoms with Crippen LogP contribution in [0.5, 0.6) is 5.75 Å². The van der Waals surface area contributed by atoms with E-state index in [1.54, 1.807) is 6.33 Å². The van der Waals surface area contributed by atoms with Crippen LogP contribution in [0.4, 0.5) is 0 Å². The molecule has 0 aliphatic carbocycles. The maximum atomic E-state index is 6.22. The number of piperidine rings is 1. The summed E-state index contributed by atoms with van der Waals surface area (Å²) in [6.07, 6.45) is 4.80. The predicted octanol–water partition coefficient (Wildman–Crippen LogP) is 2.24. The van der Waals surface area contributed by atoms with E-state index in [0.29, 0.717) is 6.61 Å². The molecule has 0 radical (unpaired) electrons. The second-order valence-electron chi connectivity index (χ2n) is 6.58. The van der Waals surface area contributed by atoms with Crippen molar-refractivity contribution in [2.24, 2.45) is 0 Å². The number of halogens is 1. The highest BCUT2D eigenvalue weighted by Crippen LogP contribution is 2.41. The van der Waals surface area contributed by atoms with Crippen LogP contribution in [0.15, 0.2) is 24.5 Å². The van der Waals surface area contributed by atoms with Crippen LogP contribution in [-0.4, -0.2) is 41.1 Å². The Balaban J connectivity index is 0.00000182.